The van der Waals surface area contributed by atoms with Crippen LogP contribution in [0.2, 0.25) is 0 Å². The summed E-state index contributed by atoms with van der Waals surface area (Å²) in [4.78, 5) is 17.7. The highest BCUT2D eigenvalue weighted by molar-refractivity contribution is 9.10. The first kappa shape index (κ1) is 15.9. The highest BCUT2D eigenvalue weighted by Gasteiger charge is 2.23. The van der Waals surface area contributed by atoms with Crippen molar-refractivity contribution < 1.29 is 14.3 Å². The Labute approximate surface area is 122 Å². The first-order valence-corrected chi connectivity index (χ1v) is 6.73. The summed E-state index contributed by atoms with van der Waals surface area (Å²) >= 11 is 3.34. The molecule has 1 rings (SSSR count). The van der Waals surface area contributed by atoms with E-state index in [0.29, 0.717) is 18.8 Å². The van der Waals surface area contributed by atoms with Gasteiger partial charge in [0, 0.05) is 17.8 Å². The van der Waals surface area contributed by atoms with E-state index in [0.717, 1.165) is 4.47 Å². The van der Waals surface area contributed by atoms with E-state index >= 15 is 0 Å². The molecule has 1 heterocycles. The van der Waals surface area contributed by atoms with Gasteiger partial charge in [0.05, 0.1) is 25.0 Å². The molecule has 0 aliphatic heterocycles. The summed E-state index contributed by atoms with van der Waals surface area (Å²) in [5, 5.41) is 0. The van der Waals surface area contributed by atoms with Gasteiger partial charge in [0.25, 0.3) is 0 Å². The van der Waals surface area contributed by atoms with Crippen molar-refractivity contribution >= 4 is 27.7 Å². The van der Waals surface area contributed by atoms with Crippen LogP contribution < -0.4 is 4.90 Å². The number of nitrogens with zero attached hydrogens (tertiary/aromatic N) is 2. The SMILES string of the molecule is COCCN(C(=O)OC(C)(C)C)c1cncc(Br)c1. The molecule has 1 amide bonds. The second-order valence-electron chi connectivity index (χ2n) is 4.99. The lowest BCUT2D eigenvalue weighted by Crippen LogP contribution is -2.38. The van der Waals surface area contributed by atoms with Gasteiger partial charge in [0.15, 0.2) is 0 Å². The van der Waals surface area contributed by atoms with Crippen LogP contribution in [0.15, 0.2) is 22.9 Å². The Bertz CT molecular complexity index is 432. The number of rotatable bonds is 4. The van der Waals surface area contributed by atoms with E-state index in [9.17, 15) is 4.79 Å². The zero-order valence-electron chi connectivity index (χ0n) is 11.6. The summed E-state index contributed by atoms with van der Waals surface area (Å²) < 4.78 is 11.2. The molecule has 0 saturated heterocycles. The number of carbonyl (C=O) groups is 1. The largest absolute Gasteiger partial charge is 0.443 e. The van der Waals surface area contributed by atoms with Gasteiger partial charge >= 0.3 is 6.09 Å². The topological polar surface area (TPSA) is 51.7 Å². The molecule has 0 bridgehead atoms. The second-order valence-corrected chi connectivity index (χ2v) is 5.90. The van der Waals surface area contributed by atoms with Crippen LogP contribution in [-0.2, 0) is 9.47 Å². The lowest BCUT2D eigenvalue weighted by atomic mass is 10.2. The fourth-order valence-electron chi connectivity index (χ4n) is 1.37. The number of hydrogen-bond acceptors (Lipinski definition) is 4. The average Bonchev–Trinajstić information content (AvgIpc) is 2.27. The number of amides is 1. The molecule has 0 spiro atoms. The van der Waals surface area contributed by atoms with Crippen LogP contribution in [0.4, 0.5) is 10.5 Å². The first-order valence-electron chi connectivity index (χ1n) is 5.93. The van der Waals surface area contributed by atoms with E-state index in [1.807, 2.05) is 26.8 Å². The molecule has 0 unspecified atom stereocenters. The third-order valence-electron chi connectivity index (χ3n) is 2.14. The highest BCUT2D eigenvalue weighted by atomic mass is 79.9. The van der Waals surface area contributed by atoms with E-state index in [-0.39, 0.29) is 0 Å². The van der Waals surface area contributed by atoms with Gasteiger partial charge in [-0.1, -0.05) is 0 Å². The van der Waals surface area contributed by atoms with Crippen molar-refractivity contribution in [3.63, 3.8) is 0 Å². The average molecular weight is 331 g/mol. The lowest BCUT2D eigenvalue weighted by Gasteiger charge is -2.27. The molecule has 0 aliphatic carbocycles. The molecule has 0 fully saturated rings. The monoisotopic (exact) mass is 330 g/mol. The van der Waals surface area contributed by atoms with E-state index < -0.39 is 11.7 Å². The zero-order chi connectivity index (χ0) is 14.5. The van der Waals surface area contributed by atoms with E-state index in [1.54, 1.807) is 19.5 Å². The molecule has 0 radical (unpaired) electrons. The zero-order valence-corrected chi connectivity index (χ0v) is 13.2. The summed E-state index contributed by atoms with van der Waals surface area (Å²) in [6.07, 6.45) is 2.86. The summed E-state index contributed by atoms with van der Waals surface area (Å²) in [6, 6.07) is 1.81. The Kier molecular flexibility index (Phi) is 5.75. The molecule has 19 heavy (non-hydrogen) atoms. The molecule has 0 N–H and O–H groups in total. The van der Waals surface area contributed by atoms with Crippen LogP contribution in [-0.4, -0.2) is 36.9 Å². The molecule has 0 saturated carbocycles. The van der Waals surface area contributed by atoms with Crippen LogP contribution in [0.25, 0.3) is 0 Å². The van der Waals surface area contributed by atoms with Crippen LogP contribution in [0.1, 0.15) is 20.8 Å². The Hall–Kier alpha value is -1.14. The van der Waals surface area contributed by atoms with Crippen molar-refractivity contribution in [3.05, 3.63) is 22.9 Å². The number of methoxy groups -OCH3 is 1. The Morgan fingerprint density at radius 3 is 2.63 bits per heavy atom. The molecule has 5 nitrogen and oxygen atoms in total. The van der Waals surface area contributed by atoms with Gasteiger partial charge in [-0.15, -0.1) is 0 Å². The Morgan fingerprint density at radius 1 is 1.42 bits per heavy atom. The number of anilines is 1. The minimum absolute atomic E-state index is 0.406. The van der Waals surface area contributed by atoms with Crippen molar-refractivity contribution in [1.82, 2.24) is 4.98 Å². The molecular weight excluding hydrogens is 312 g/mol. The van der Waals surface area contributed by atoms with E-state index in [2.05, 4.69) is 20.9 Å². The van der Waals surface area contributed by atoms with Gasteiger partial charge < -0.3 is 9.47 Å². The standard InChI is InChI=1S/C13H19BrN2O3/c1-13(2,3)19-12(17)16(5-6-18-4)11-7-10(14)8-15-9-11/h7-9H,5-6H2,1-4H3. The molecule has 1 aromatic heterocycles. The summed E-state index contributed by atoms with van der Waals surface area (Å²) in [7, 11) is 1.59. The minimum Gasteiger partial charge on any atom is -0.443 e. The molecule has 6 heteroatoms. The molecule has 0 aromatic carbocycles. The van der Waals surface area contributed by atoms with Gasteiger partial charge in [-0.25, -0.2) is 4.79 Å². The van der Waals surface area contributed by atoms with Gasteiger partial charge in [-0.05, 0) is 42.8 Å². The maximum atomic E-state index is 12.2. The highest BCUT2D eigenvalue weighted by Crippen LogP contribution is 2.20. The fourth-order valence-corrected chi connectivity index (χ4v) is 1.73. The maximum absolute atomic E-state index is 12.2. The van der Waals surface area contributed by atoms with Gasteiger partial charge in [-0.2, -0.15) is 0 Å². The van der Waals surface area contributed by atoms with Crippen molar-refractivity contribution in [2.45, 2.75) is 26.4 Å². The third-order valence-corrected chi connectivity index (χ3v) is 2.57. The Balaban J connectivity index is 2.91. The summed E-state index contributed by atoms with van der Waals surface area (Å²) in [5.41, 5.74) is 0.127. The summed E-state index contributed by atoms with van der Waals surface area (Å²) in [5.74, 6) is 0. The smallest absolute Gasteiger partial charge is 0.414 e. The van der Waals surface area contributed by atoms with Crippen molar-refractivity contribution in [3.8, 4) is 0 Å². The normalized spacial score (nSPS) is 11.2. The fraction of sp³-hybridized carbons (Fsp3) is 0.538. The number of hydrogen-bond donors (Lipinski definition) is 0. The molecule has 1 aromatic rings. The quantitative estimate of drug-likeness (QED) is 0.850. The predicted octanol–water partition coefficient (Wildman–Crippen LogP) is 3.23. The van der Waals surface area contributed by atoms with Crippen molar-refractivity contribution in [2.75, 3.05) is 25.2 Å². The van der Waals surface area contributed by atoms with Crippen LogP contribution in [0.3, 0.4) is 0 Å². The van der Waals surface area contributed by atoms with Crippen molar-refractivity contribution in [1.29, 1.82) is 0 Å². The molecular formula is C13H19BrN2O3. The van der Waals surface area contributed by atoms with E-state index in [1.165, 1.54) is 4.90 Å². The maximum Gasteiger partial charge on any atom is 0.414 e. The molecule has 106 valence electrons. The van der Waals surface area contributed by atoms with Gasteiger partial charge in [0.2, 0.25) is 0 Å². The third kappa shape index (κ3) is 5.57. The second kappa shape index (κ2) is 6.86. The van der Waals surface area contributed by atoms with Crippen LogP contribution in [0.5, 0.6) is 0 Å². The predicted molar refractivity (Wildman–Crippen MR) is 77.4 cm³/mol. The number of pyridine rings is 1. The first-order chi connectivity index (χ1) is 8.83. The number of ether oxygens (including phenoxy) is 2. The molecule has 0 atom stereocenters. The van der Waals surface area contributed by atoms with Crippen LogP contribution in [0, 0.1) is 0 Å². The number of carbonyl (C=O) groups excluding carboxylic acids is 1. The van der Waals surface area contributed by atoms with Crippen molar-refractivity contribution in [2.24, 2.45) is 0 Å². The number of aromatic nitrogens is 1. The minimum atomic E-state index is -0.540. The summed E-state index contributed by atoms with van der Waals surface area (Å²) in [6.45, 7) is 6.32. The Morgan fingerprint density at radius 2 is 2.11 bits per heavy atom. The van der Waals surface area contributed by atoms with Gasteiger partial charge in [-0.3, -0.25) is 9.88 Å². The number of halogens is 1. The van der Waals surface area contributed by atoms with E-state index in [4.69, 9.17) is 9.47 Å². The molecule has 0 aliphatic rings. The lowest BCUT2D eigenvalue weighted by molar-refractivity contribution is 0.0569. The van der Waals surface area contributed by atoms with Gasteiger partial charge in [0.1, 0.15) is 5.60 Å². The van der Waals surface area contributed by atoms with Crippen LogP contribution >= 0.6 is 15.9 Å².